The summed E-state index contributed by atoms with van der Waals surface area (Å²) in [5.74, 6) is 0.505. The lowest BCUT2D eigenvalue weighted by Crippen LogP contribution is -2.36. The van der Waals surface area contributed by atoms with Gasteiger partial charge in [0.25, 0.3) is 5.91 Å². The molecule has 1 atom stereocenters. The molecule has 2 aromatic rings. The van der Waals surface area contributed by atoms with Crippen LogP contribution in [0.15, 0.2) is 30.3 Å². The van der Waals surface area contributed by atoms with Gasteiger partial charge in [0.05, 0.1) is 11.4 Å². The molecule has 2 N–H and O–H groups in total. The summed E-state index contributed by atoms with van der Waals surface area (Å²) >= 11 is 0. The van der Waals surface area contributed by atoms with Gasteiger partial charge in [-0.2, -0.15) is 0 Å². The lowest BCUT2D eigenvalue weighted by molar-refractivity contribution is -0.124. The molecule has 3 rings (SSSR count). The lowest BCUT2D eigenvalue weighted by Gasteiger charge is -2.34. The monoisotopic (exact) mass is 368 g/mol. The van der Waals surface area contributed by atoms with E-state index in [1.54, 1.807) is 11.6 Å². The Morgan fingerprint density at radius 1 is 1.41 bits per heavy atom. The van der Waals surface area contributed by atoms with Gasteiger partial charge in [0.15, 0.2) is 0 Å². The number of rotatable bonds is 5. The number of likely N-dealkylation sites (N-methyl/N-ethyl adjacent to an activating group) is 1. The minimum atomic E-state index is -0.542. The number of hydrogen-bond donors (Lipinski definition) is 2. The first kappa shape index (κ1) is 19.3. The maximum atomic E-state index is 11.3. The van der Waals surface area contributed by atoms with Crippen molar-refractivity contribution in [1.82, 2.24) is 19.9 Å². The van der Waals surface area contributed by atoms with Crippen LogP contribution in [0.4, 0.5) is 0 Å². The maximum absolute atomic E-state index is 11.3. The summed E-state index contributed by atoms with van der Waals surface area (Å²) in [4.78, 5) is 18.5. The second-order valence-corrected chi connectivity index (χ2v) is 7.09. The van der Waals surface area contributed by atoms with Crippen molar-refractivity contribution in [3.05, 3.63) is 47.4 Å². The molecule has 1 aliphatic rings. The van der Waals surface area contributed by atoms with Crippen LogP contribution in [-0.2, 0) is 4.79 Å². The standard InChI is InChI=1S/C21H28N4O2/c1-4-24-12-6-9-19(14-24)25-16(3)22-15(2)21(25)18-8-5-7-17(13-18)10-11-20(26)23-27/h5,7-8,10-11,13,19,27H,4,6,9,12,14H2,1-3H3,(H,23,26). The summed E-state index contributed by atoms with van der Waals surface area (Å²) in [5, 5.41) is 8.64. The Balaban J connectivity index is 1.98. The molecule has 1 saturated heterocycles. The number of benzene rings is 1. The zero-order valence-corrected chi connectivity index (χ0v) is 16.3. The van der Waals surface area contributed by atoms with Gasteiger partial charge in [-0.3, -0.25) is 10.0 Å². The molecule has 1 amide bonds. The Kier molecular flexibility index (Phi) is 6.08. The molecule has 6 heteroatoms. The molecule has 0 aliphatic carbocycles. The van der Waals surface area contributed by atoms with Crippen LogP contribution in [-0.4, -0.2) is 45.2 Å². The van der Waals surface area contributed by atoms with E-state index >= 15 is 0 Å². The third kappa shape index (κ3) is 4.28. The van der Waals surface area contributed by atoms with Gasteiger partial charge in [0.2, 0.25) is 0 Å². The van der Waals surface area contributed by atoms with Crippen LogP contribution in [0.1, 0.15) is 42.9 Å². The average molecular weight is 368 g/mol. The van der Waals surface area contributed by atoms with Crippen LogP contribution < -0.4 is 5.48 Å². The quantitative estimate of drug-likeness (QED) is 0.482. The number of carbonyl (C=O) groups is 1. The molecule has 1 fully saturated rings. The first-order valence-electron chi connectivity index (χ1n) is 9.53. The van der Waals surface area contributed by atoms with Gasteiger partial charge in [0.1, 0.15) is 5.82 Å². The summed E-state index contributed by atoms with van der Waals surface area (Å²) in [5.41, 5.74) is 5.78. The number of hydrogen-bond acceptors (Lipinski definition) is 4. The van der Waals surface area contributed by atoms with Gasteiger partial charge in [-0.1, -0.05) is 25.1 Å². The predicted octanol–water partition coefficient (Wildman–Crippen LogP) is 3.34. The van der Waals surface area contributed by atoms with E-state index in [2.05, 4.69) is 42.4 Å². The number of aryl methyl sites for hydroxylation is 2. The highest BCUT2D eigenvalue weighted by Gasteiger charge is 2.25. The molecule has 0 radical (unpaired) electrons. The van der Waals surface area contributed by atoms with Crippen LogP contribution in [0.5, 0.6) is 0 Å². The fourth-order valence-electron chi connectivity index (χ4n) is 4.01. The summed E-state index contributed by atoms with van der Waals surface area (Å²) in [6, 6.07) is 8.49. The predicted molar refractivity (Wildman–Crippen MR) is 106 cm³/mol. The summed E-state index contributed by atoms with van der Waals surface area (Å²) in [6.07, 6.45) is 5.37. The number of piperidine rings is 1. The van der Waals surface area contributed by atoms with Crippen molar-refractivity contribution in [2.75, 3.05) is 19.6 Å². The molecule has 144 valence electrons. The summed E-state index contributed by atoms with van der Waals surface area (Å²) in [7, 11) is 0. The Morgan fingerprint density at radius 2 is 2.22 bits per heavy atom. The molecule has 0 spiro atoms. The van der Waals surface area contributed by atoms with Crippen LogP contribution in [0, 0.1) is 13.8 Å². The van der Waals surface area contributed by atoms with E-state index in [1.807, 2.05) is 12.1 Å². The number of hydroxylamine groups is 1. The minimum Gasteiger partial charge on any atom is -0.324 e. The molecule has 1 aromatic carbocycles. The highest BCUT2D eigenvalue weighted by Crippen LogP contribution is 2.32. The topological polar surface area (TPSA) is 70.4 Å². The fraction of sp³-hybridized carbons (Fsp3) is 0.429. The molecule has 0 bridgehead atoms. The van der Waals surface area contributed by atoms with E-state index in [0.29, 0.717) is 6.04 Å². The van der Waals surface area contributed by atoms with Crippen molar-refractivity contribution in [2.45, 2.75) is 39.7 Å². The highest BCUT2D eigenvalue weighted by molar-refractivity contribution is 5.91. The third-order valence-corrected chi connectivity index (χ3v) is 5.25. The van der Waals surface area contributed by atoms with Gasteiger partial charge in [-0.05, 0) is 57.5 Å². The number of likely N-dealkylation sites (tertiary alicyclic amines) is 1. The highest BCUT2D eigenvalue weighted by atomic mass is 16.5. The van der Waals surface area contributed by atoms with Gasteiger partial charge < -0.3 is 9.47 Å². The van der Waals surface area contributed by atoms with E-state index in [-0.39, 0.29) is 0 Å². The molecule has 27 heavy (non-hydrogen) atoms. The van der Waals surface area contributed by atoms with Crippen molar-refractivity contribution in [1.29, 1.82) is 0 Å². The summed E-state index contributed by atoms with van der Waals surface area (Å²) < 4.78 is 2.39. The van der Waals surface area contributed by atoms with Crippen LogP contribution in [0.25, 0.3) is 17.3 Å². The molecule has 2 heterocycles. The van der Waals surface area contributed by atoms with Gasteiger partial charge in [0, 0.05) is 24.2 Å². The number of carbonyl (C=O) groups excluding carboxylic acids is 1. The normalized spacial score (nSPS) is 18.1. The number of nitrogens with one attached hydrogen (secondary N) is 1. The Labute approximate surface area is 160 Å². The number of aromatic nitrogens is 2. The largest absolute Gasteiger partial charge is 0.324 e. The lowest BCUT2D eigenvalue weighted by atomic mass is 10.0. The van der Waals surface area contributed by atoms with Gasteiger partial charge in [-0.25, -0.2) is 10.5 Å². The van der Waals surface area contributed by atoms with E-state index in [4.69, 9.17) is 10.2 Å². The molecule has 1 aliphatic heterocycles. The number of nitrogens with zero attached hydrogens (tertiary/aromatic N) is 3. The van der Waals surface area contributed by atoms with Crippen molar-refractivity contribution in [2.24, 2.45) is 0 Å². The van der Waals surface area contributed by atoms with E-state index in [9.17, 15) is 4.79 Å². The van der Waals surface area contributed by atoms with Crippen LogP contribution >= 0.6 is 0 Å². The SMILES string of the molecule is CCN1CCCC(n2c(C)nc(C)c2-c2cccc(C=CC(=O)NO)c2)C1. The second-order valence-electron chi connectivity index (χ2n) is 7.09. The Morgan fingerprint density at radius 3 is 2.96 bits per heavy atom. The molecule has 0 saturated carbocycles. The van der Waals surface area contributed by atoms with Crippen molar-refractivity contribution >= 4 is 12.0 Å². The Hall–Kier alpha value is -2.44. The second kappa shape index (κ2) is 8.50. The minimum absolute atomic E-state index is 0.425. The van der Waals surface area contributed by atoms with Gasteiger partial charge in [-0.15, -0.1) is 0 Å². The summed E-state index contributed by atoms with van der Waals surface area (Å²) in [6.45, 7) is 9.65. The average Bonchev–Trinajstić information content (AvgIpc) is 3.00. The number of imidazole rings is 1. The maximum Gasteiger partial charge on any atom is 0.267 e. The van der Waals surface area contributed by atoms with Crippen molar-refractivity contribution in [3.63, 3.8) is 0 Å². The van der Waals surface area contributed by atoms with Crippen LogP contribution in [0.3, 0.4) is 0 Å². The molecule has 6 nitrogen and oxygen atoms in total. The van der Waals surface area contributed by atoms with Crippen LogP contribution in [0.2, 0.25) is 0 Å². The molecule has 1 aromatic heterocycles. The smallest absolute Gasteiger partial charge is 0.267 e. The van der Waals surface area contributed by atoms with E-state index in [0.717, 1.165) is 47.8 Å². The zero-order valence-electron chi connectivity index (χ0n) is 16.3. The van der Waals surface area contributed by atoms with E-state index < -0.39 is 5.91 Å². The van der Waals surface area contributed by atoms with Gasteiger partial charge >= 0.3 is 0 Å². The molecular weight excluding hydrogens is 340 g/mol. The molecule has 1 unspecified atom stereocenters. The first-order valence-corrected chi connectivity index (χ1v) is 9.53. The fourth-order valence-corrected chi connectivity index (χ4v) is 4.01. The Bertz CT molecular complexity index is 841. The molecular formula is C21H28N4O2. The number of amides is 1. The first-order chi connectivity index (χ1) is 13.0. The van der Waals surface area contributed by atoms with Crippen molar-refractivity contribution < 1.29 is 10.0 Å². The third-order valence-electron chi connectivity index (χ3n) is 5.25. The van der Waals surface area contributed by atoms with Crippen molar-refractivity contribution in [3.8, 4) is 11.3 Å². The zero-order chi connectivity index (χ0) is 19.4. The van der Waals surface area contributed by atoms with E-state index in [1.165, 1.54) is 19.0 Å².